The quantitative estimate of drug-likeness (QED) is 0.0731. The number of carbonyl (C=O) groups excluding carboxylic acids is 1. The fourth-order valence-corrected chi connectivity index (χ4v) is 6.29. The summed E-state index contributed by atoms with van der Waals surface area (Å²) in [6.07, 6.45) is 26.7. The van der Waals surface area contributed by atoms with Gasteiger partial charge in [0.2, 0.25) is 0 Å². The van der Waals surface area contributed by atoms with Crippen molar-refractivity contribution < 1.29 is 19.0 Å². The van der Waals surface area contributed by atoms with E-state index < -0.39 is 0 Å². The van der Waals surface area contributed by atoms with Crippen molar-refractivity contribution >= 4 is 5.97 Å². The Hall–Kier alpha value is -2.49. The summed E-state index contributed by atoms with van der Waals surface area (Å²) in [7, 11) is 0. The van der Waals surface area contributed by atoms with Crippen LogP contribution in [0.25, 0.3) is 0 Å². The summed E-state index contributed by atoms with van der Waals surface area (Å²) in [5.74, 6) is 3.62. The third-order valence-electron chi connectivity index (χ3n) is 9.10. The topological polar surface area (TPSA) is 44.8 Å². The Morgan fingerprint density at radius 3 is 1.51 bits per heavy atom. The molecule has 0 bridgehead atoms. The van der Waals surface area contributed by atoms with Gasteiger partial charge >= 0.3 is 5.97 Å². The van der Waals surface area contributed by atoms with E-state index >= 15 is 0 Å². The van der Waals surface area contributed by atoms with Gasteiger partial charge in [-0.15, -0.1) is 0 Å². The molecule has 0 amide bonds. The van der Waals surface area contributed by atoms with E-state index in [9.17, 15) is 4.79 Å². The third kappa shape index (κ3) is 15.2. The fourth-order valence-electron chi connectivity index (χ4n) is 6.29. The number of hydrogen-bond acceptors (Lipinski definition) is 4. The normalized spacial score (nSPS) is 16.6. The SMILES string of the molecule is CCCCCCCCCCOc1ccc(C(=O)Oc2ccc(OCCCC3CCC(CCCCCCC)CC3)cc2)cc1. The second kappa shape index (κ2) is 22.1. The molecule has 1 aliphatic carbocycles. The lowest BCUT2D eigenvalue weighted by Crippen LogP contribution is -2.15. The van der Waals surface area contributed by atoms with E-state index in [4.69, 9.17) is 14.2 Å². The van der Waals surface area contributed by atoms with Gasteiger partial charge in [0.15, 0.2) is 0 Å². The van der Waals surface area contributed by atoms with Gasteiger partial charge in [0.05, 0.1) is 18.8 Å². The lowest BCUT2D eigenvalue weighted by atomic mass is 9.78. The molecule has 1 aliphatic rings. The Balaban J connectivity index is 1.23. The molecule has 0 aliphatic heterocycles. The molecule has 1 fully saturated rings. The predicted octanol–water partition coefficient (Wildman–Crippen LogP) is 11.8. The number of hydrogen-bond donors (Lipinski definition) is 0. The molecule has 2 aromatic rings. The first-order valence-electron chi connectivity index (χ1n) is 17.9. The summed E-state index contributed by atoms with van der Waals surface area (Å²) in [6.45, 7) is 6.00. The lowest BCUT2D eigenvalue weighted by Gasteiger charge is -2.28. The molecule has 43 heavy (non-hydrogen) atoms. The van der Waals surface area contributed by atoms with Gasteiger partial charge < -0.3 is 14.2 Å². The van der Waals surface area contributed by atoms with Gasteiger partial charge in [-0.25, -0.2) is 4.79 Å². The van der Waals surface area contributed by atoms with Gasteiger partial charge in [-0.05, 0) is 79.6 Å². The number of unbranched alkanes of at least 4 members (excludes halogenated alkanes) is 11. The smallest absolute Gasteiger partial charge is 0.343 e. The highest BCUT2D eigenvalue weighted by molar-refractivity contribution is 5.91. The van der Waals surface area contributed by atoms with Crippen molar-refractivity contribution in [3.8, 4) is 17.2 Å². The highest BCUT2D eigenvalue weighted by Crippen LogP contribution is 2.34. The number of ether oxygens (including phenoxy) is 3. The summed E-state index contributed by atoms with van der Waals surface area (Å²) < 4.78 is 17.4. The number of benzene rings is 2. The molecule has 0 heterocycles. The van der Waals surface area contributed by atoms with Crippen molar-refractivity contribution in [1.29, 1.82) is 0 Å². The van der Waals surface area contributed by atoms with E-state index in [0.717, 1.165) is 42.8 Å². The van der Waals surface area contributed by atoms with Crippen molar-refractivity contribution in [2.24, 2.45) is 11.8 Å². The first kappa shape index (κ1) is 35.0. The minimum atomic E-state index is -0.366. The Kier molecular flexibility index (Phi) is 18.0. The maximum atomic E-state index is 12.6. The average molecular weight is 593 g/mol. The molecule has 4 nitrogen and oxygen atoms in total. The maximum Gasteiger partial charge on any atom is 0.343 e. The summed E-state index contributed by atoms with van der Waals surface area (Å²) >= 11 is 0. The van der Waals surface area contributed by atoms with Crippen LogP contribution in [0.1, 0.15) is 153 Å². The molecule has 0 spiro atoms. The van der Waals surface area contributed by atoms with E-state index in [1.807, 2.05) is 24.3 Å². The molecule has 240 valence electrons. The molecule has 0 atom stereocenters. The molecule has 1 saturated carbocycles. The van der Waals surface area contributed by atoms with Crippen LogP contribution >= 0.6 is 0 Å². The number of esters is 1. The van der Waals surface area contributed by atoms with Crippen LogP contribution in [0.4, 0.5) is 0 Å². The fraction of sp³-hybridized carbons (Fsp3) is 0.667. The van der Waals surface area contributed by atoms with Gasteiger partial charge in [0, 0.05) is 0 Å². The molecule has 0 aromatic heterocycles. The molecule has 2 aromatic carbocycles. The first-order valence-corrected chi connectivity index (χ1v) is 17.9. The Morgan fingerprint density at radius 2 is 0.953 bits per heavy atom. The van der Waals surface area contributed by atoms with Crippen LogP contribution in [0, 0.1) is 11.8 Å². The van der Waals surface area contributed by atoms with Crippen molar-refractivity contribution in [3.05, 3.63) is 54.1 Å². The second-order valence-corrected chi connectivity index (χ2v) is 12.8. The summed E-state index contributed by atoms with van der Waals surface area (Å²) in [5, 5.41) is 0. The van der Waals surface area contributed by atoms with E-state index in [2.05, 4.69) is 13.8 Å². The molecule has 0 radical (unpaired) electrons. The van der Waals surface area contributed by atoms with Crippen LogP contribution in [-0.2, 0) is 0 Å². The summed E-state index contributed by atoms with van der Waals surface area (Å²) in [6, 6.07) is 14.6. The molecule has 3 rings (SSSR count). The molecular formula is C39H60O4. The highest BCUT2D eigenvalue weighted by atomic mass is 16.5. The predicted molar refractivity (Wildman–Crippen MR) is 180 cm³/mol. The Bertz CT molecular complexity index is 960. The van der Waals surface area contributed by atoms with Crippen molar-refractivity contribution in [2.75, 3.05) is 13.2 Å². The van der Waals surface area contributed by atoms with Crippen LogP contribution in [0.2, 0.25) is 0 Å². The van der Waals surface area contributed by atoms with Gasteiger partial charge in [0.25, 0.3) is 0 Å². The standard InChI is InChI=1S/C39H60O4/c1-3-5-7-9-10-11-13-15-31-41-36-25-23-35(24-26-36)39(40)43-38-29-27-37(28-30-38)42-32-16-18-34-21-19-33(20-22-34)17-14-12-8-6-4-2/h23-30,33-34H,3-22,31-32H2,1-2H3. The van der Waals surface area contributed by atoms with Gasteiger partial charge in [-0.2, -0.15) is 0 Å². The van der Waals surface area contributed by atoms with Gasteiger partial charge in [-0.3, -0.25) is 0 Å². The van der Waals surface area contributed by atoms with Crippen molar-refractivity contribution in [1.82, 2.24) is 0 Å². The van der Waals surface area contributed by atoms with E-state index in [-0.39, 0.29) is 5.97 Å². The first-order chi connectivity index (χ1) is 21.2. The van der Waals surface area contributed by atoms with Gasteiger partial charge in [0.1, 0.15) is 17.2 Å². The van der Waals surface area contributed by atoms with Gasteiger partial charge in [-0.1, -0.05) is 123 Å². The van der Waals surface area contributed by atoms with Crippen LogP contribution < -0.4 is 14.2 Å². The van der Waals surface area contributed by atoms with Crippen LogP contribution in [0.15, 0.2) is 48.5 Å². The molecular weight excluding hydrogens is 532 g/mol. The zero-order valence-electron chi connectivity index (χ0n) is 27.5. The van der Waals surface area contributed by atoms with Crippen molar-refractivity contribution in [2.45, 2.75) is 142 Å². The molecule has 0 N–H and O–H groups in total. The minimum absolute atomic E-state index is 0.366. The molecule has 4 heteroatoms. The summed E-state index contributed by atoms with van der Waals surface area (Å²) in [4.78, 5) is 12.6. The molecule has 0 unspecified atom stereocenters. The Labute approximate surface area is 263 Å². The van der Waals surface area contributed by atoms with E-state index in [0.29, 0.717) is 17.9 Å². The highest BCUT2D eigenvalue weighted by Gasteiger charge is 2.20. The zero-order valence-corrected chi connectivity index (χ0v) is 27.5. The minimum Gasteiger partial charge on any atom is -0.494 e. The monoisotopic (exact) mass is 592 g/mol. The van der Waals surface area contributed by atoms with Crippen LogP contribution in [0.3, 0.4) is 0 Å². The molecule has 0 saturated heterocycles. The maximum absolute atomic E-state index is 12.6. The third-order valence-corrected chi connectivity index (χ3v) is 9.10. The average Bonchev–Trinajstić information content (AvgIpc) is 3.04. The van der Waals surface area contributed by atoms with Crippen molar-refractivity contribution in [3.63, 3.8) is 0 Å². The largest absolute Gasteiger partial charge is 0.494 e. The van der Waals surface area contributed by atoms with Crippen LogP contribution in [0.5, 0.6) is 17.2 Å². The van der Waals surface area contributed by atoms with Crippen LogP contribution in [-0.4, -0.2) is 19.2 Å². The second-order valence-electron chi connectivity index (χ2n) is 12.8. The van der Waals surface area contributed by atoms with E-state index in [1.165, 1.54) is 116 Å². The summed E-state index contributed by atoms with van der Waals surface area (Å²) in [5.41, 5.74) is 0.515. The lowest BCUT2D eigenvalue weighted by molar-refractivity contribution is 0.0734. The Morgan fingerprint density at radius 1 is 0.535 bits per heavy atom. The number of carbonyl (C=O) groups is 1. The zero-order chi connectivity index (χ0) is 30.4. The number of rotatable bonds is 23. The van der Waals surface area contributed by atoms with E-state index in [1.54, 1.807) is 24.3 Å².